The predicted octanol–water partition coefficient (Wildman–Crippen LogP) is 2.97. The molecule has 1 aromatic heterocycles. The number of nitrogens with zero attached hydrogens (tertiary/aromatic N) is 1. The van der Waals surface area contributed by atoms with E-state index in [9.17, 15) is 9.59 Å². The van der Waals surface area contributed by atoms with Gasteiger partial charge in [0.2, 0.25) is 5.91 Å². The highest BCUT2D eigenvalue weighted by atomic mass is 32.1. The Kier molecular flexibility index (Phi) is 5.43. The van der Waals surface area contributed by atoms with Crippen molar-refractivity contribution in [2.24, 2.45) is 0 Å². The number of anilines is 1. The van der Waals surface area contributed by atoms with Gasteiger partial charge in [-0.2, -0.15) is 0 Å². The van der Waals surface area contributed by atoms with Crippen molar-refractivity contribution in [3.63, 3.8) is 0 Å². The molecule has 1 aliphatic heterocycles. The fourth-order valence-corrected chi connectivity index (χ4v) is 4.25. The summed E-state index contributed by atoms with van der Waals surface area (Å²) in [5, 5.41) is 8.24. The molecule has 2 N–H and O–H groups in total. The van der Waals surface area contributed by atoms with Crippen molar-refractivity contribution in [1.82, 2.24) is 10.6 Å². The van der Waals surface area contributed by atoms with Crippen LogP contribution in [0.4, 0.5) is 5.69 Å². The minimum absolute atomic E-state index is 0.0273. The van der Waals surface area contributed by atoms with Gasteiger partial charge in [0.15, 0.2) is 0 Å². The van der Waals surface area contributed by atoms with Crippen LogP contribution in [-0.4, -0.2) is 37.0 Å². The number of piperidine rings is 1. The summed E-state index contributed by atoms with van der Waals surface area (Å²) >= 11 is 1.62. The molecule has 0 unspecified atom stereocenters. The van der Waals surface area contributed by atoms with Crippen molar-refractivity contribution in [3.05, 3.63) is 52.2 Å². The normalized spacial score (nSPS) is 17.6. The average Bonchev–Trinajstić information content (AvgIpc) is 3.35. The summed E-state index contributed by atoms with van der Waals surface area (Å²) in [7, 11) is 0. The van der Waals surface area contributed by atoms with E-state index in [0.717, 1.165) is 54.9 Å². The second-order valence-electron chi connectivity index (χ2n) is 7.35. The predicted molar refractivity (Wildman–Crippen MR) is 108 cm³/mol. The molecule has 0 radical (unpaired) electrons. The van der Waals surface area contributed by atoms with Crippen LogP contribution in [0.5, 0.6) is 0 Å². The SMILES string of the molecule is O=C(Cc1cccs1)NC1CCN(c2ccccc2C(=O)NC2CC2)CC1. The second-order valence-corrected chi connectivity index (χ2v) is 8.38. The fourth-order valence-electron chi connectivity index (χ4n) is 3.55. The van der Waals surface area contributed by atoms with Gasteiger partial charge in [-0.1, -0.05) is 18.2 Å². The molecular formula is C21H25N3O2S. The monoisotopic (exact) mass is 383 g/mol. The van der Waals surface area contributed by atoms with Gasteiger partial charge in [0.1, 0.15) is 0 Å². The van der Waals surface area contributed by atoms with Crippen LogP contribution in [0, 0.1) is 0 Å². The zero-order valence-electron chi connectivity index (χ0n) is 15.3. The molecule has 1 saturated carbocycles. The third-order valence-electron chi connectivity index (χ3n) is 5.18. The molecular weight excluding hydrogens is 358 g/mol. The maximum absolute atomic E-state index is 12.5. The fraction of sp³-hybridized carbons (Fsp3) is 0.429. The van der Waals surface area contributed by atoms with E-state index < -0.39 is 0 Å². The minimum Gasteiger partial charge on any atom is -0.371 e. The lowest BCUT2D eigenvalue weighted by molar-refractivity contribution is -0.121. The Hall–Kier alpha value is -2.34. The Morgan fingerprint density at radius 2 is 1.70 bits per heavy atom. The first kappa shape index (κ1) is 18.0. The van der Waals surface area contributed by atoms with E-state index in [1.54, 1.807) is 11.3 Å². The quantitative estimate of drug-likeness (QED) is 0.806. The zero-order valence-corrected chi connectivity index (χ0v) is 16.1. The van der Waals surface area contributed by atoms with Gasteiger partial charge in [0.05, 0.1) is 12.0 Å². The highest BCUT2D eigenvalue weighted by Crippen LogP contribution is 2.26. The molecule has 5 nitrogen and oxygen atoms in total. The number of hydrogen-bond acceptors (Lipinski definition) is 4. The van der Waals surface area contributed by atoms with E-state index in [1.807, 2.05) is 41.8 Å². The Morgan fingerprint density at radius 1 is 0.963 bits per heavy atom. The number of carbonyl (C=O) groups is 2. The maximum Gasteiger partial charge on any atom is 0.253 e. The van der Waals surface area contributed by atoms with Crippen molar-refractivity contribution in [3.8, 4) is 0 Å². The number of benzene rings is 1. The lowest BCUT2D eigenvalue weighted by Gasteiger charge is -2.35. The van der Waals surface area contributed by atoms with E-state index >= 15 is 0 Å². The molecule has 142 valence electrons. The number of nitrogens with one attached hydrogen (secondary N) is 2. The number of para-hydroxylation sites is 1. The number of hydrogen-bond donors (Lipinski definition) is 2. The van der Waals surface area contributed by atoms with Gasteiger partial charge in [0, 0.05) is 35.7 Å². The molecule has 2 aromatic rings. The summed E-state index contributed by atoms with van der Waals surface area (Å²) in [6.07, 6.45) is 4.43. The first-order valence-electron chi connectivity index (χ1n) is 9.65. The second kappa shape index (κ2) is 8.13. The molecule has 2 fully saturated rings. The molecule has 2 amide bonds. The molecule has 6 heteroatoms. The van der Waals surface area contributed by atoms with Gasteiger partial charge < -0.3 is 15.5 Å². The third-order valence-corrected chi connectivity index (χ3v) is 6.05. The summed E-state index contributed by atoms with van der Waals surface area (Å²) < 4.78 is 0. The summed E-state index contributed by atoms with van der Waals surface area (Å²) in [5.74, 6) is 0.125. The highest BCUT2D eigenvalue weighted by Gasteiger charge is 2.27. The lowest BCUT2D eigenvalue weighted by Crippen LogP contribution is -2.45. The molecule has 0 spiro atoms. The molecule has 1 aromatic carbocycles. The number of amides is 2. The smallest absolute Gasteiger partial charge is 0.253 e. The van der Waals surface area contributed by atoms with E-state index in [1.165, 1.54) is 0 Å². The van der Waals surface area contributed by atoms with E-state index in [4.69, 9.17) is 0 Å². The van der Waals surface area contributed by atoms with Gasteiger partial charge in [-0.15, -0.1) is 11.3 Å². The number of thiophene rings is 1. The summed E-state index contributed by atoms with van der Waals surface area (Å²) in [5.41, 5.74) is 1.75. The summed E-state index contributed by atoms with van der Waals surface area (Å²) in [6.45, 7) is 1.69. The molecule has 4 rings (SSSR count). The van der Waals surface area contributed by atoms with Crippen LogP contribution >= 0.6 is 11.3 Å². The molecule has 0 bridgehead atoms. The Morgan fingerprint density at radius 3 is 2.41 bits per heavy atom. The Balaban J connectivity index is 1.32. The van der Waals surface area contributed by atoms with E-state index in [2.05, 4.69) is 15.5 Å². The molecule has 1 saturated heterocycles. The van der Waals surface area contributed by atoms with Crippen molar-refractivity contribution in [1.29, 1.82) is 0 Å². The van der Waals surface area contributed by atoms with Crippen molar-refractivity contribution >= 4 is 28.8 Å². The van der Waals surface area contributed by atoms with Crippen molar-refractivity contribution < 1.29 is 9.59 Å². The first-order valence-corrected chi connectivity index (χ1v) is 10.5. The standard InChI is InChI=1S/C21H25N3O2S/c25-20(14-17-4-3-13-27-17)22-16-9-11-24(12-10-16)19-6-2-1-5-18(19)21(26)23-15-7-8-15/h1-6,13,15-16H,7-12,14H2,(H,22,25)(H,23,26). The van der Waals surface area contributed by atoms with Gasteiger partial charge in [-0.05, 0) is 49.3 Å². The van der Waals surface area contributed by atoms with Crippen LogP contribution in [0.15, 0.2) is 41.8 Å². The first-order chi connectivity index (χ1) is 13.2. The zero-order chi connectivity index (χ0) is 18.6. The van der Waals surface area contributed by atoms with Gasteiger partial charge in [-0.25, -0.2) is 0 Å². The van der Waals surface area contributed by atoms with Crippen LogP contribution in [0.2, 0.25) is 0 Å². The Bertz CT molecular complexity index is 794. The maximum atomic E-state index is 12.5. The summed E-state index contributed by atoms with van der Waals surface area (Å²) in [4.78, 5) is 28.1. The van der Waals surface area contributed by atoms with Crippen molar-refractivity contribution in [2.75, 3.05) is 18.0 Å². The van der Waals surface area contributed by atoms with Crippen LogP contribution in [0.25, 0.3) is 0 Å². The topological polar surface area (TPSA) is 61.4 Å². The van der Waals surface area contributed by atoms with Crippen LogP contribution in [-0.2, 0) is 11.2 Å². The third kappa shape index (κ3) is 4.69. The van der Waals surface area contributed by atoms with Crippen LogP contribution in [0.1, 0.15) is 40.9 Å². The van der Waals surface area contributed by atoms with Gasteiger partial charge >= 0.3 is 0 Å². The van der Waals surface area contributed by atoms with E-state index in [0.29, 0.717) is 12.5 Å². The van der Waals surface area contributed by atoms with Gasteiger partial charge in [-0.3, -0.25) is 9.59 Å². The minimum atomic E-state index is 0.0273. The highest BCUT2D eigenvalue weighted by molar-refractivity contribution is 7.10. The average molecular weight is 384 g/mol. The van der Waals surface area contributed by atoms with Crippen molar-refractivity contribution in [2.45, 2.75) is 44.2 Å². The number of rotatable bonds is 6. The molecule has 2 heterocycles. The largest absolute Gasteiger partial charge is 0.371 e. The number of carbonyl (C=O) groups excluding carboxylic acids is 2. The molecule has 1 aliphatic carbocycles. The summed E-state index contributed by atoms with van der Waals surface area (Å²) in [6, 6.07) is 12.4. The van der Waals surface area contributed by atoms with Gasteiger partial charge in [0.25, 0.3) is 5.91 Å². The Labute approximate surface area is 163 Å². The van der Waals surface area contributed by atoms with E-state index in [-0.39, 0.29) is 17.9 Å². The molecule has 27 heavy (non-hydrogen) atoms. The van der Waals surface area contributed by atoms with Crippen LogP contribution in [0.3, 0.4) is 0 Å². The molecule has 2 aliphatic rings. The van der Waals surface area contributed by atoms with Crippen LogP contribution < -0.4 is 15.5 Å². The molecule has 0 atom stereocenters. The lowest BCUT2D eigenvalue weighted by atomic mass is 10.0.